The first-order valence-corrected chi connectivity index (χ1v) is 6.95. The van der Waals surface area contributed by atoms with Crippen molar-refractivity contribution in [3.8, 4) is 0 Å². The van der Waals surface area contributed by atoms with Crippen LogP contribution in [0.3, 0.4) is 0 Å². The minimum Gasteiger partial charge on any atom is -0.469 e. The van der Waals surface area contributed by atoms with Gasteiger partial charge >= 0.3 is 5.97 Å². The number of thioether (sulfide) groups is 1. The zero-order valence-electron chi connectivity index (χ0n) is 10.8. The molecule has 0 fully saturated rings. The third kappa shape index (κ3) is 4.82. The number of rotatable bonds is 6. The van der Waals surface area contributed by atoms with Gasteiger partial charge in [-0.2, -0.15) is 0 Å². The predicted molar refractivity (Wildman–Crippen MR) is 72.5 cm³/mol. The molecule has 2 nitrogen and oxygen atoms in total. The van der Waals surface area contributed by atoms with Gasteiger partial charge in [-0.3, -0.25) is 4.79 Å². The van der Waals surface area contributed by atoms with E-state index >= 15 is 0 Å². The highest BCUT2D eigenvalue weighted by atomic mass is 32.2. The number of aryl methyl sites for hydroxylation is 2. The molecule has 0 atom stereocenters. The summed E-state index contributed by atoms with van der Waals surface area (Å²) in [6.45, 7) is 4.26. The summed E-state index contributed by atoms with van der Waals surface area (Å²) in [7, 11) is 1.44. The molecule has 1 aromatic rings. The molecule has 1 rings (SSSR count). The van der Waals surface area contributed by atoms with E-state index in [9.17, 15) is 4.79 Å². The Kier molecular flexibility index (Phi) is 6.12. The molecule has 0 unspecified atom stereocenters. The number of hydrogen-bond acceptors (Lipinski definition) is 3. The molecular weight excluding hydrogens is 232 g/mol. The molecule has 0 spiro atoms. The van der Waals surface area contributed by atoms with Crippen molar-refractivity contribution in [3.05, 3.63) is 29.3 Å². The summed E-state index contributed by atoms with van der Waals surface area (Å²) in [6, 6.07) is 6.45. The van der Waals surface area contributed by atoms with Gasteiger partial charge < -0.3 is 4.74 Å². The van der Waals surface area contributed by atoms with Gasteiger partial charge in [0.05, 0.1) is 7.11 Å². The number of carbonyl (C=O) groups excluding carboxylic acids is 1. The maximum absolute atomic E-state index is 11.2. The summed E-state index contributed by atoms with van der Waals surface area (Å²) in [5.74, 6) is 0.979. The fraction of sp³-hybridized carbons (Fsp3) is 0.500. The van der Waals surface area contributed by atoms with Gasteiger partial charge in [0.2, 0.25) is 0 Å². The molecule has 0 bridgehead atoms. The van der Waals surface area contributed by atoms with Crippen molar-refractivity contribution >= 4 is 17.7 Å². The highest BCUT2D eigenvalue weighted by Gasteiger charge is 2.06. The molecule has 0 heterocycles. The fourth-order valence-electron chi connectivity index (χ4n) is 1.60. The SMILES string of the molecule is CCCSc1ccc(C)cc1CCC(=O)OC. The lowest BCUT2D eigenvalue weighted by Crippen LogP contribution is -2.02. The van der Waals surface area contributed by atoms with Crippen molar-refractivity contribution in [3.63, 3.8) is 0 Å². The van der Waals surface area contributed by atoms with Crippen molar-refractivity contribution in [2.75, 3.05) is 12.9 Å². The van der Waals surface area contributed by atoms with Crippen molar-refractivity contribution in [1.29, 1.82) is 0 Å². The van der Waals surface area contributed by atoms with Gasteiger partial charge in [0.1, 0.15) is 0 Å². The highest BCUT2D eigenvalue weighted by Crippen LogP contribution is 2.25. The minimum atomic E-state index is -0.141. The standard InChI is InChI=1S/C14H20O2S/c1-4-9-17-13-7-5-11(2)10-12(13)6-8-14(15)16-3/h5,7,10H,4,6,8-9H2,1-3H3. The van der Waals surface area contributed by atoms with E-state index in [-0.39, 0.29) is 5.97 Å². The zero-order chi connectivity index (χ0) is 12.7. The molecular formula is C14H20O2S. The monoisotopic (exact) mass is 252 g/mol. The first kappa shape index (κ1) is 14.1. The summed E-state index contributed by atoms with van der Waals surface area (Å²) in [6.07, 6.45) is 2.38. The molecule has 0 aromatic heterocycles. The number of esters is 1. The first-order chi connectivity index (χ1) is 8.17. The van der Waals surface area contributed by atoms with Crippen molar-refractivity contribution in [1.82, 2.24) is 0 Å². The van der Waals surface area contributed by atoms with Gasteiger partial charge in [0, 0.05) is 11.3 Å². The van der Waals surface area contributed by atoms with Gasteiger partial charge in [-0.15, -0.1) is 11.8 Å². The predicted octanol–water partition coefficient (Wildman–Crippen LogP) is 3.60. The van der Waals surface area contributed by atoms with Crippen molar-refractivity contribution in [2.24, 2.45) is 0 Å². The van der Waals surface area contributed by atoms with Crippen molar-refractivity contribution in [2.45, 2.75) is 38.0 Å². The molecule has 0 amide bonds. The Morgan fingerprint density at radius 3 is 2.82 bits per heavy atom. The Hall–Kier alpha value is -0.960. The quantitative estimate of drug-likeness (QED) is 0.571. The van der Waals surface area contributed by atoms with E-state index in [0.717, 1.165) is 18.6 Å². The van der Waals surface area contributed by atoms with Crippen LogP contribution in [-0.2, 0) is 16.0 Å². The van der Waals surface area contributed by atoms with E-state index < -0.39 is 0 Å². The van der Waals surface area contributed by atoms with Crippen LogP contribution in [0.5, 0.6) is 0 Å². The summed E-state index contributed by atoms with van der Waals surface area (Å²) < 4.78 is 4.68. The largest absolute Gasteiger partial charge is 0.469 e. The zero-order valence-corrected chi connectivity index (χ0v) is 11.6. The van der Waals surface area contributed by atoms with Crippen molar-refractivity contribution < 1.29 is 9.53 Å². The Morgan fingerprint density at radius 1 is 1.41 bits per heavy atom. The number of ether oxygens (including phenoxy) is 1. The molecule has 1 aromatic carbocycles. The Bertz CT molecular complexity index is 374. The second-order valence-corrected chi connectivity index (χ2v) is 5.17. The lowest BCUT2D eigenvalue weighted by atomic mass is 10.1. The molecule has 0 saturated carbocycles. The van der Waals surface area contributed by atoms with E-state index in [1.807, 2.05) is 11.8 Å². The van der Waals surface area contributed by atoms with Crippen LogP contribution in [0.25, 0.3) is 0 Å². The second kappa shape index (κ2) is 7.38. The van der Waals surface area contributed by atoms with E-state index in [1.54, 1.807) is 0 Å². The maximum atomic E-state index is 11.2. The lowest BCUT2D eigenvalue weighted by molar-refractivity contribution is -0.140. The number of hydrogen-bond donors (Lipinski definition) is 0. The second-order valence-electron chi connectivity index (χ2n) is 4.04. The third-order valence-electron chi connectivity index (χ3n) is 2.50. The summed E-state index contributed by atoms with van der Waals surface area (Å²) in [5.41, 5.74) is 2.50. The van der Waals surface area contributed by atoms with Crippen LogP contribution in [0, 0.1) is 6.92 Å². The summed E-state index contributed by atoms with van der Waals surface area (Å²) in [4.78, 5) is 12.5. The summed E-state index contributed by atoms with van der Waals surface area (Å²) >= 11 is 1.86. The minimum absolute atomic E-state index is 0.141. The average Bonchev–Trinajstić information content (AvgIpc) is 2.34. The Balaban J connectivity index is 2.72. The van der Waals surface area contributed by atoms with E-state index in [1.165, 1.54) is 23.1 Å². The lowest BCUT2D eigenvalue weighted by Gasteiger charge is -2.09. The first-order valence-electron chi connectivity index (χ1n) is 5.96. The highest BCUT2D eigenvalue weighted by molar-refractivity contribution is 7.99. The van der Waals surface area contributed by atoms with Gasteiger partial charge in [-0.1, -0.05) is 24.6 Å². The molecule has 0 aliphatic heterocycles. The fourth-order valence-corrected chi connectivity index (χ4v) is 2.53. The van der Waals surface area contributed by atoms with Gasteiger partial charge in [-0.25, -0.2) is 0 Å². The number of carbonyl (C=O) groups is 1. The van der Waals surface area contributed by atoms with Crippen LogP contribution in [0.15, 0.2) is 23.1 Å². The van der Waals surface area contributed by atoms with E-state index in [4.69, 9.17) is 0 Å². The van der Waals surface area contributed by atoms with Crippen LogP contribution < -0.4 is 0 Å². The summed E-state index contributed by atoms with van der Waals surface area (Å²) in [5, 5.41) is 0. The topological polar surface area (TPSA) is 26.3 Å². The van der Waals surface area contributed by atoms with Gasteiger partial charge in [0.25, 0.3) is 0 Å². The number of benzene rings is 1. The van der Waals surface area contributed by atoms with E-state index in [2.05, 4.69) is 36.8 Å². The van der Waals surface area contributed by atoms with Crippen LogP contribution >= 0.6 is 11.8 Å². The molecule has 0 radical (unpaired) electrons. The average molecular weight is 252 g/mol. The molecule has 3 heteroatoms. The molecule has 17 heavy (non-hydrogen) atoms. The third-order valence-corrected chi connectivity index (χ3v) is 3.83. The Morgan fingerprint density at radius 2 is 2.18 bits per heavy atom. The molecule has 0 aliphatic carbocycles. The van der Waals surface area contributed by atoms with Gasteiger partial charge in [-0.05, 0) is 37.1 Å². The Labute approximate surface area is 108 Å². The van der Waals surface area contributed by atoms with Crippen LogP contribution in [0.2, 0.25) is 0 Å². The smallest absolute Gasteiger partial charge is 0.305 e. The van der Waals surface area contributed by atoms with Gasteiger partial charge in [0.15, 0.2) is 0 Å². The molecule has 0 aliphatic rings. The normalized spacial score (nSPS) is 10.3. The van der Waals surface area contributed by atoms with E-state index in [0.29, 0.717) is 6.42 Å². The molecule has 94 valence electrons. The number of methoxy groups -OCH3 is 1. The molecule has 0 N–H and O–H groups in total. The van der Waals surface area contributed by atoms with Crippen LogP contribution in [-0.4, -0.2) is 18.8 Å². The molecule has 0 saturated heterocycles. The van der Waals surface area contributed by atoms with Crippen LogP contribution in [0.1, 0.15) is 30.9 Å². The van der Waals surface area contributed by atoms with Crippen LogP contribution in [0.4, 0.5) is 0 Å². The maximum Gasteiger partial charge on any atom is 0.305 e.